The second-order valence-electron chi connectivity index (χ2n) is 2.67. The van der Waals surface area contributed by atoms with Crippen molar-refractivity contribution in [3.05, 3.63) is 35.4 Å². The zero-order valence-electron chi connectivity index (χ0n) is 7.04. The van der Waals surface area contributed by atoms with Crippen LogP contribution in [-0.2, 0) is 22.7 Å². The second-order valence-corrected chi connectivity index (χ2v) is 2.67. The number of carbonyl (C=O) groups excluding carboxylic acids is 1. The largest absolute Gasteiger partial charge is 0.359 e. The Morgan fingerprint density at radius 1 is 1.25 bits per heavy atom. The van der Waals surface area contributed by atoms with Crippen molar-refractivity contribution < 1.29 is 9.90 Å². The van der Waals surface area contributed by atoms with Gasteiger partial charge in [-0.05, 0) is 17.5 Å². The van der Waals surface area contributed by atoms with Crippen molar-refractivity contribution in [2.24, 2.45) is 0 Å². The Kier molecular flexibility index (Phi) is 2.86. The van der Waals surface area contributed by atoms with E-state index in [-0.39, 0.29) is 6.42 Å². The van der Waals surface area contributed by atoms with Crippen molar-refractivity contribution in [2.75, 3.05) is 0 Å². The Bertz CT molecular complexity index is 279. The van der Waals surface area contributed by atoms with Crippen LogP contribution in [0.3, 0.4) is 0 Å². The summed E-state index contributed by atoms with van der Waals surface area (Å²) < 4.78 is 0. The van der Waals surface area contributed by atoms with Gasteiger partial charge in [-0.25, -0.2) is 9.90 Å². The quantitative estimate of drug-likeness (QED) is 0.668. The fraction of sp³-hybridized carbons (Fsp3) is 0.300. The average molecular weight is 163 g/mol. The van der Waals surface area contributed by atoms with Crippen molar-refractivity contribution in [2.45, 2.75) is 19.8 Å². The van der Waals surface area contributed by atoms with Crippen molar-refractivity contribution in [3.8, 4) is 0 Å². The molecule has 1 aromatic carbocycles. The van der Waals surface area contributed by atoms with Gasteiger partial charge in [0.15, 0.2) is 0 Å². The molecule has 0 N–H and O–H groups in total. The van der Waals surface area contributed by atoms with Crippen LogP contribution in [0.1, 0.15) is 18.1 Å². The molecule has 0 aliphatic rings. The zero-order chi connectivity index (χ0) is 8.97. The summed E-state index contributed by atoms with van der Waals surface area (Å²) in [5.74, 6) is -1.02. The van der Waals surface area contributed by atoms with Crippen molar-refractivity contribution in [3.63, 3.8) is 0 Å². The van der Waals surface area contributed by atoms with Crippen LogP contribution in [-0.4, -0.2) is 5.97 Å². The molecule has 0 bridgehead atoms. The highest BCUT2D eigenvalue weighted by molar-refractivity contribution is 5.70. The van der Waals surface area contributed by atoms with Gasteiger partial charge in [0.1, 0.15) is 0 Å². The van der Waals surface area contributed by atoms with Crippen LogP contribution in [0.15, 0.2) is 24.3 Å². The van der Waals surface area contributed by atoms with Crippen LogP contribution in [0.4, 0.5) is 0 Å². The van der Waals surface area contributed by atoms with Gasteiger partial charge in [-0.2, -0.15) is 0 Å². The first-order valence-electron chi connectivity index (χ1n) is 4.00. The average Bonchev–Trinajstić information content (AvgIpc) is 2.04. The van der Waals surface area contributed by atoms with E-state index in [1.807, 2.05) is 31.2 Å². The summed E-state index contributed by atoms with van der Waals surface area (Å²) in [5, 5.41) is 10.3. The van der Waals surface area contributed by atoms with E-state index in [1.165, 1.54) is 0 Å². The molecule has 63 valence electrons. The van der Waals surface area contributed by atoms with Gasteiger partial charge in [-0.1, -0.05) is 31.2 Å². The van der Waals surface area contributed by atoms with E-state index in [0.717, 1.165) is 17.5 Å². The third kappa shape index (κ3) is 2.09. The molecule has 0 aliphatic heterocycles. The highest BCUT2D eigenvalue weighted by Crippen LogP contribution is 2.09. The lowest BCUT2D eigenvalue weighted by Gasteiger charge is -2.02. The number of carbonyl (C=O) groups is 1. The summed E-state index contributed by atoms with van der Waals surface area (Å²) in [7, 11) is 0. The van der Waals surface area contributed by atoms with Gasteiger partial charge < -0.3 is 0 Å². The normalized spacial score (nSPS) is 9.75. The van der Waals surface area contributed by atoms with Crippen LogP contribution in [0.5, 0.6) is 0 Å². The molecular formula is C10H11O2. The minimum atomic E-state index is -1.02. The number of benzene rings is 1. The smallest absolute Gasteiger partial charge is 0.247 e. The van der Waals surface area contributed by atoms with E-state index in [2.05, 4.69) is 0 Å². The minimum Gasteiger partial charge on any atom is -0.247 e. The molecule has 0 amide bonds. The fourth-order valence-electron chi connectivity index (χ4n) is 1.23. The number of rotatable bonds is 3. The Hall–Kier alpha value is -1.31. The third-order valence-electron chi connectivity index (χ3n) is 1.83. The molecule has 2 heteroatoms. The lowest BCUT2D eigenvalue weighted by atomic mass is 10.0. The maximum atomic E-state index is 10.3. The molecular weight excluding hydrogens is 152 g/mol. The van der Waals surface area contributed by atoms with Crippen molar-refractivity contribution >= 4 is 5.97 Å². The van der Waals surface area contributed by atoms with Crippen LogP contribution < -0.4 is 0 Å². The second kappa shape index (κ2) is 3.90. The molecule has 1 radical (unpaired) electrons. The number of aryl methyl sites for hydroxylation is 1. The molecule has 1 rings (SSSR count). The summed E-state index contributed by atoms with van der Waals surface area (Å²) in [4.78, 5) is 10.3. The predicted molar refractivity (Wildman–Crippen MR) is 45.2 cm³/mol. The predicted octanol–water partition coefficient (Wildman–Crippen LogP) is 1.75. The summed E-state index contributed by atoms with van der Waals surface area (Å²) >= 11 is 0. The van der Waals surface area contributed by atoms with Gasteiger partial charge in [-0.3, -0.25) is 0 Å². The third-order valence-corrected chi connectivity index (χ3v) is 1.83. The first-order valence-corrected chi connectivity index (χ1v) is 4.00. The molecule has 0 unspecified atom stereocenters. The molecule has 0 spiro atoms. The van der Waals surface area contributed by atoms with E-state index < -0.39 is 5.97 Å². The Balaban J connectivity index is 2.89. The van der Waals surface area contributed by atoms with Crippen LogP contribution in [0.2, 0.25) is 0 Å². The highest BCUT2D eigenvalue weighted by atomic mass is 16.4. The monoisotopic (exact) mass is 163 g/mol. The first-order chi connectivity index (χ1) is 5.74. The van der Waals surface area contributed by atoms with Gasteiger partial charge in [0.25, 0.3) is 0 Å². The topological polar surface area (TPSA) is 37.0 Å². The van der Waals surface area contributed by atoms with Gasteiger partial charge in [0, 0.05) is 0 Å². The SMILES string of the molecule is CCc1ccccc1CC([O])=O. The molecule has 1 aromatic rings. The maximum Gasteiger partial charge on any atom is 0.359 e. The van der Waals surface area contributed by atoms with E-state index >= 15 is 0 Å². The summed E-state index contributed by atoms with van der Waals surface area (Å²) in [6, 6.07) is 7.53. The van der Waals surface area contributed by atoms with E-state index in [4.69, 9.17) is 0 Å². The number of hydrogen-bond donors (Lipinski definition) is 0. The van der Waals surface area contributed by atoms with Gasteiger partial charge in [0.2, 0.25) is 0 Å². The molecule has 0 fully saturated rings. The molecule has 0 saturated carbocycles. The van der Waals surface area contributed by atoms with E-state index in [1.54, 1.807) is 0 Å². The standard InChI is InChI=1S/C10H11O2/c1-2-8-5-3-4-6-9(8)7-10(11)12/h3-6H,2,7H2,1H3. The maximum absolute atomic E-state index is 10.3. The summed E-state index contributed by atoms with van der Waals surface area (Å²) in [6.45, 7) is 2.01. The molecule has 0 aromatic heterocycles. The van der Waals surface area contributed by atoms with Crippen LogP contribution in [0, 0.1) is 0 Å². The lowest BCUT2D eigenvalue weighted by molar-refractivity contribution is -0.142. The van der Waals surface area contributed by atoms with Crippen molar-refractivity contribution in [1.29, 1.82) is 0 Å². The molecule has 0 saturated heterocycles. The molecule has 2 nitrogen and oxygen atoms in total. The fourth-order valence-corrected chi connectivity index (χ4v) is 1.23. The minimum absolute atomic E-state index is 0.0179. The molecule has 12 heavy (non-hydrogen) atoms. The van der Waals surface area contributed by atoms with Gasteiger partial charge in [-0.15, -0.1) is 0 Å². The van der Waals surface area contributed by atoms with Gasteiger partial charge >= 0.3 is 5.97 Å². The lowest BCUT2D eigenvalue weighted by Crippen LogP contribution is -2.01. The number of hydrogen-bond acceptors (Lipinski definition) is 1. The molecule has 0 heterocycles. The van der Waals surface area contributed by atoms with Crippen LogP contribution in [0.25, 0.3) is 0 Å². The van der Waals surface area contributed by atoms with E-state index in [9.17, 15) is 9.90 Å². The molecule has 0 aliphatic carbocycles. The van der Waals surface area contributed by atoms with Gasteiger partial charge in [0.05, 0.1) is 6.42 Å². The molecule has 0 atom stereocenters. The zero-order valence-corrected chi connectivity index (χ0v) is 7.04. The Morgan fingerprint density at radius 2 is 1.83 bits per heavy atom. The Morgan fingerprint density at radius 3 is 2.33 bits per heavy atom. The van der Waals surface area contributed by atoms with Crippen molar-refractivity contribution in [1.82, 2.24) is 0 Å². The van der Waals surface area contributed by atoms with Crippen LogP contribution >= 0.6 is 0 Å². The highest BCUT2D eigenvalue weighted by Gasteiger charge is 2.05. The summed E-state index contributed by atoms with van der Waals surface area (Å²) in [5.41, 5.74) is 1.95. The first kappa shape index (κ1) is 8.78. The Labute approximate surface area is 71.8 Å². The summed E-state index contributed by atoms with van der Waals surface area (Å²) in [6.07, 6.45) is 0.882. The van der Waals surface area contributed by atoms with E-state index in [0.29, 0.717) is 0 Å².